The van der Waals surface area contributed by atoms with Gasteiger partial charge in [-0.25, -0.2) is 9.97 Å². The van der Waals surface area contributed by atoms with E-state index in [9.17, 15) is 0 Å². The van der Waals surface area contributed by atoms with Gasteiger partial charge in [-0.3, -0.25) is 0 Å². The van der Waals surface area contributed by atoms with Crippen LogP contribution in [0.1, 0.15) is 17.0 Å². The maximum atomic E-state index is 8.41. The van der Waals surface area contributed by atoms with Crippen LogP contribution in [0.25, 0.3) is 0 Å². The minimum atomic E-state index is 0.465. The molecule has 0 aliphatic rings. The molecular weight excluding hydrogens is 212 g/mol. The van der Waals surface area contributed by atoms with Crippen LogP contribution in [0.5, 0.6) is 0 Å². The SMILES string of the molecule is Cc1cccnc1C#N.N#Cc1ccccn1. The number of rotatable bonds is 0. The standard InChI is InChI=1S/C7H6N2.C6H4N2/c1-6-3-2-4-9-7(6)5-8;7-5-6-3-1-2-4-8-6/h2-4H,1H3;1-4H. The third-order valence-corrected chi connectivity index (χ3v) is 1.89. The summed E-state index contributed by atoms with van der Waals surface area (Å²) in [7, 11) is 0. The average Bonchev–Trinajstić information content (AvgIpc) is 2.41. The molecular formula is C13H10N4. The van der Waals surface area contributed by atoms with Gasteiger partial charge >= 0.3 is 0 Å². The van der Waals surface area contributed by atoms with Crippen molar-refractivity contribution < 1.29 is 0 Å². The fraction of sp³-hybridized carbons (Fsp3) is 0.0769. The van der Waals surface area contributed by atoms with E-state index in [2.05, 4.69) is 9.97 Å². The number of aryl methyl sites for hydroxylation is 1. The lowest BCUT2D eigenvalue weighted by atomic mass is 10.2. The van der Waals surface area contributed by atoms with Crippen LogP contribution in [-0.2, 0) is 0 Å². The summed E-state index contributed by atoms with van der Waals surface area (Å²) in [5.41, 5.74) is 1.91. The Kier molecular flexibility index (Phi) is 4.87. The molecule has 2 heterocycles. The molecule has 0 aliphatic carbocycles. The van der Waals surface area contributed by atoms with Crippen molar-refractivity contribution in [1.29, 1.82) is 10.5 Å². The Morgan fingerprint density at radius 2 is 1.71 bits per heavy atom. The van der Waals surface area contributed by atoms with Crippen molar-refractivity contribution in [3.8, 4) is 12.1 Å². The second kappa shape index (κ2) is 6.71. The van der Waals surface area contributed by atoms with Gasteiger partial charge in [0, 0.05) is 12.4 Å². The lowest BCUT2D eigenvalue weighted by molar-refractivity contribution is 1.21. The molecule has 2 aromatic heterocycles. The first-order valence-electron chi connectivity index (χ1n) is 4.90. The molecule has 0 unspecified atom stereocenters. The Morgan fingerprint density at radius 1 is 0.941 bits per heavy atom. The van der Waals surface area contributed by atoms with Crippen molar-refractivity contribution in [2.24, 2.45) is 0 Å². The highest BCUT2D eigenvalue weighted by molar-refractivity contribution is 5.28. The third kappa shape index (κ3) is 4.11. The van der Waals surface area contributed by atoms with Gasteiger partial charge in [0.15, 0.2) is 0 Å². The average molecular weight is 222 g/mol. The summed E-state index contributed by atoms with van der Waals surface area (Å²) in [6.07, 6.45) is 3.21. The fourth-order valence-electron chi connectivity index (χ4n) is 1.03. The van der Waals surface area contributed by atoms with Crippen molar-refractivity contribution in [2.45, 2.75) is 6.92 Å². The van der Waals surface area contributed by atoms with E-state index in [0.717, 1.165) is 5.56 Å². The quantitative estimate of drug-likeness (QED) is 0.685. The summed E-state index contributed by atoms with van der Waals surface area (Å²) < 4.78 is 0. The van der Waals surface area contributed by atoms with Gasteiger partial charge in [-0.05, 0) is 30.7 Å². The maximum Gasteiger partial charge on any atom is 0.143 e. The zero-order valence-electron chi connectivity index (χ0n) is 9.33. The second-order valence-electron chi connectivity index (χ2n) is 3.11. The zero-order chi connectivity index (χ0) is 12.5. The lowest BCUT2D eigenvalue weighted by Gasteiger charge is -1.89. The van der Waals surface area contributed by atoms with Crippen LogP contribution in [0.15, 0.2) is 42.7 Å². The van der Waals surface area contributed by atoms with E-state index in [1.807, 2.05) is 31.2 Å². The molecule has 0 bridgehead atoms. The summed E-state index contributed by atoms with van der Waals surface area (Å²) in [6, 6.07) is 12.8. The van der Waals surface area contributed by atoms with Crippen LogP contribution in [0.4, 0.5) is 0 Å². The molecule has 0 aliphatic heterocycles. The number of nitrogens with zero attached hydrogens (tertiary/aromatic N) is 4. The molecule has 0 saturated carbocycles. The predicted molar refractivity (Wildman–Crippen MR) is 62.6 cm³/mol. The summed E-state index contributed by atoms with van der Waals surface area (Å²) in [5.74, 6) is 0. The summed E-state index contributed by atoms with van der Waals surface area (Å²) in [5, 5.41) is 16.6. The molecule has 82 valence electrons. The highest BCUT2D eigenvalue weighted by atomic mass is 14.7. The van der Waals surface area contributed by atoms with Gasteiger partial charge in [0.1, 0.15) is 23.5 Å². The number of aromatic nitrogens is 2. The molecule has 0 fully saturated rings. The van der Waals surface area contributed by atoms with Crippen LogP contribution in [-0.4, -0.2) is 9.97 Å². The number of hydrogen-bond acceptors (Lipinski definition) is 4. The molecule has 0 spiro atoms. The molecule has 0 amide bonds. The highest BCUT2D eigenvalue weighted by Gasteiger charge is 1.91. The normalized spacial score (nSPS) is 8.18. The van der Waals surface area contributed by atoms with Crippen molar-refractivity contribution in [1.82, 2.24) is 9.97 Å². The Labute approximate surface area is 99.8 Å². The van der Waals surface area contributed by atoms with E-state index in [1.54, 1.807) is 30.6 Å². The van der Waals surface area contributed by atoms with E-state index in [1.165, 1.54) is 0 Å². The molecule has 4 heteroatoms. The lowest BCUT2D eigenvalue weighted by Crippen LogP contribution is -1.83. The summed E-state index contributed by atoms with van der Waals surface area (Å²) in [6.45, 7) is 1.87. The molecule has 0 aromatic carbocycles. The minimum absolute atomic E-state index is 0.465. The van der Waals surface area contributed by atoms with E-state index in [0.29, 0.717) is 11.4 Å². The highest BCUT2D eigenvalue weighted by Crippen LogP contribution is 1.99. The fourth-order valence-corrected chi connectivity index (χ4v) is 1.03. The van der Waals surface area contributed by atoms with Crippen LogP contribution in [0.3, 0.4) is 0 Å². The van der Waals surface area contributed by atoms with E-state index >= 15 is 0 Å². The Hall–Kier alpha value is -2.72. The van der Waals surface area contributed by atoms with E-state index < -0.39 is 0 Å². The van der Waals surface area contributed by atoms with Crippen LogP contribution in [0, 0.1) is 29.6 Å². The molecule has 0 atom stereocenters. The number of hydrogen-bond donors (Lipinski definition) is 0. The number of pyridine rings is 2. The Bertz CT molecular complexity index is 550. The van der Waals surface area contributed by atoms with E-state index in [4.69, 9.17) is 10.5 Å². The van der Waals surface area contributed by atoms with Crippen LogP contribution in [0.2, 0.25) is 0 Å². The van der Waals surface area contributed by atoms with Gasteiger partial charge in [0.25, 0.3) is 0 Å². The van der Waals surface area contributed by atoms with Crippen molar-refractivity contribution in [3.63, 3.8) is 0 Å². The van der Waals surface area contributed by atoms with Gasteiger partial charge in [-0.15, -0.1) is 0 Å². The maximum absolute atomic E-state index is 8.41. The third-order valence-electron chi connectivity index (χ3n) is 1.89. The van der Waals surface area contributed by atoms with Gasteiger partial charge in [-0.1, -0.05) is 12.1 Å². The molecule has 0 saturated heterocycles. The molecule has 0 radical (unpaired) electrons. The molecule has 2 aromatic rings. The zero-order valence-corrected chi connectivity index (χ0v) is 9.33. The van der Waals surface area contributed by atoms with Gasteiger partial charge in [0.2, 0.25) is 0 Å². The van der Waals surface area contributed by atoms with Crippen molar-refractivity contribution >= 4 is 0 Å². The smallest absolute Gasteiger partial charge is 0.143 e. The van der Waals surface area contributed by atoms with Crippen molar-refractivity contribution in [2.75, 3.05) is 0 Å². The topological polar surface area (TPSA) is 73.4 Å². The Balaban J connectivity index is 0.000000171. The van der Waals surface area contributed by atoms with Gasteiger partial charge < -0.3 is 0 Å². The first-order chi connectivity index (χ1) is 8.27. The molecule has 17 heavy (non-hydrogen) atoms. The van der Waals surface area contributed by atoms with Gasteiger partial charge in [-0.2, -0.15) is 10.5 Å². The largest absolute Gasteiger partial charge is 0.246 e. The second-order valence-corrected chi connectivity index (χ2v) is 3.11. The summed E-state index contributed by atoms with van der Waals surface area (Å²) in [4.78, 5) is 7.57. The molecule has 0 N–H and O–H groups in total. The Morgan fingerprint density at radius 3 is 2.12 bits per heavy atom. The van der Waals surface area contributed by atoms with Crippen molar-refractivity contribution in [3.05, 3.63) is 59.7 Å². The van der Waals surface area contributed by atoms with Crippen LogP contribution >= 0.6 is 0 Å². The monoisotopic (exact) mass is 222 g/mol. The minimum Gasteiger partial charge on any atom is -0.246 e. The first-order valence-corrected chi connectivity index (χ1v) is 4.90. The predicted octanol–water partition coefficient (Wildman–Crippen LogP) is 2.21. The number of nitriles is 2. The van der Waals surface area contributed by atoms with Gasteiger partial charge in [0.05, 0.1) is 0 Å². The van der Waals surface area contributed by atoms with Crippen LogP contribution < -0.4 is 0 Å². The molecule has 4 nitrogen and oxygen atoms in total. The van der Waals surface area contributed by atoms with E-state index in [-0.39, 0.29) is 0 Å². The first kappa shape index (κ1) is 12.4. The summed E-state index contributed by atoms with van der Waals surface area (Å²) >= 11 is 0. The molecule has 2 rings (SSSR count).